The summed E-state index contributed by atoms with van der Waals surface area (Å²) >= 11 is 0. The van der Waals surface area contributed by atoms with Gasteiger partial charge < -0.3 is 14.6 Å². The van der Waals surface area contributed by atoms with Crippen LogP contribution in [0.25, 0.3) is 10.9 Å². The van der Waals surface area contributed by atoms with E-state index in [4.69, 9.17) is 4.74 Å². The van der Waals surface area contributed by atoms with Crippen molar-refractivity contribution in [1.29, 1.82) is 0 Å². The number of aromatic amines is 1. The number of sulfone groups is 1. The largest absolute Gasteiger partial charge is 0.378 e. The van der Waals surface area contributed by atoms with Crippen molar-refractivity contribution in [3.63, 3.8) is 0 Å². The molecule has 2 aliphatic rings. The molecular weight excluding hydrogens is 366 g/mol. The first kappa shape index (κ1) is 18.5. The molecule has 0 spiro atoms. The number of H-pyrrole nitrogens is 1. The summed E-state index contributed by atoms with van der Waals surface area (Å²) in [5.74, 6) is 0.310. The van der Waals surface area contributed by atoms with Gasteiger partial charge in [-0.05, 0) is 18.1 Å². The minimum Gasteiger partial charge on any atom is -0.378 e. The molecule has 4 rings (SSSR count). The number of ether oxygens (including phenoxy) is 1. The van der Waals surface area contributed by atoms with Crippen molar-refractivity contribution in [2.24, 2.45) is 0 Å². The van der Waals surface area contributed by atoms with Crippen molar-refractivity contribution in [3.05, 3.63) is 36.0 Å². The highest BCUT2D eigenvalue weighted by Crippen LogP contribution is 2.22. The molecule has 0 saturated carbocycles. The molecule has 1 N–H and O–H groups in total. The first-order chi connectivity index (χ1) is 13.0. The fourth-order valence-electron chi connectivity index (χ4n) is 3.91. The summed E-state index contributed by atoms with van der Waals surface area (Å²) in [4.78, 5) is 20.5. The van der Waals surface area contributed by atoms with Gasteiger partial charge in [-0.25, -0.2) is 8.42 Å². The summed E-state index contributed by atoms with van der Waals surface area (Å²) in [6.07, 6.45) is 2.53. The maximum Gasteiger partial charge on any atom is 0.240 e. The van der Waals surface area contributed by atoms with E-state index in [2.05, 4.69) is 11.1 Å². The summed E-state index contributed by atoms with van der Waals surface area (Å²) in [6, 6.07) is 7.70. The van der Waals surface area contributed by atoms with Crippen molar-refractivity contribution in [2.75, 3.05) is 50.9 Å². The molecule has 7 nitrogen and oxygen atoms in total. The van der Waals surface area contributed by atoms with E-state index in [1.54, 1.807) is 0 Å². The predicted molar refractivity (Wildman–Crippen MR) is 103 cm³/mol. The van der Waals surface area contributed by atoms with Crippen LogP contribution in [0.2, 0.25) is 0 Å². The smallest absolute Gasteiger partial charge is 0.240 e. The summed E-state index contributed by atoms with van der Waals surface area (Å²) in [5, 5.41) is 1.11. The van der Waals surface area contributed by atoms with Gasteiger partial charge in [0.1, 0.15) is 0 Å². The number of hydrogen-bond acceptors (Lipinski definition) is 5. The van der Waals surface area contributed by atoms with E-state index in [1.807, 2.05) is 34.2 Å². The monoisotopic (exact) mass is 391 g/mol. The van der Waals surface area contributed by atoms with Crippen LogP contribution >= 0.6 is 0 Å². The molecule has 0 aliphatic carbocycles. The highest BCUT2D eigenvalue weighted by atomic mass is 32.2. The molecule has 1 aromatic carbocycles. The summed E-state index contributed by atoms with van der Waals surface area (Å²) in [7, 11) is -2.99. The number of hydrogen-bond donors (Lipinski definition) is 1. The maximum atomic E-state index is 13.3. The van der Waals surface area contributed by atoms with Crippen LogP contribution in [0.15, 0.2) is 30.5 Å². The van der Waals surface area contributed by atoms with Gasteiger partial charge in [-0.3, -0.25) is 9.69 Å². The Balaban J connectivity index is 1.60. The maximum absolute atomic E-state index is 13.3. The standard InChI is InChI=1S/C19H25N3O4S/c23-19(22-5-9-26-10-6-22)18(21-7-11-27(24,25)12-8-21)13-15-14-20-17-4-2-1-3-16(15)17/h1-4,14,18,20H,5-13H2. The van der Waals surface area contributed by atoms with Crippen LogP contribution in [-0.4, -0.2) is 86.0 Å². The second-order valence-electron chi connectivity index (χ2n) is 7.20. The zero-order chi connectivity index (χ0) is 18.9. The van der Waals surface area contributed by atoms with Crippen LogP contribution in [0.1, 0.15) is 5.56 Å². The van der Waals surface area contributed by atoms with Crippen molar-refractivity contribution in [3.8, 4) is 0 Å². The van der Waals surface area contributed by atoms with E-state index >= 15 is 0 Å². The Morgan fingerprint density at radius 1 is 1.11 bits per heavy atom. The second-order valence-corrected chi connectivity index (χ2v) is 9.51. The van der Waals surface area contributed by atoms with E-state index in [1.165, 1.54) is 0 Å². The highest BCUT2D eigenvalue weighted by Gasteiger charge is 2.34. The summed E-state index contributed by atoms with van der Waals surface area (Å²) < 4.78 is 29.1. The number of nitrogens with one attached hydrogen (secondary N) is 1. The lowest BCUT2D eigenvalue weighted by Crippen LogP contribution is -2.56. The highest BCUT2D eigenvalue weighted by molar-refractivity contribution is 7.91. The van der Waals surface area contributed by atoms with Gasteiger partial charge in [-0.1, -0.05) is 18.2 Å². The molecule has 27 heavy (non-hydrogen) atoms. The minimum absolute atomic E-state index is 0.0721. The quantitative estimate of drug-likeness (QED) is 0.828. The fraction of sp³-hybridized carbons (Fsp3) is 0.526. The van der Waals surface area contributed by atoms with Gasteiger partial charge in [-0.15, -0.1) is 0 Å². The number of rotatable bonds is 4. The SMILES string of the molecule is O=C(C(Cc1c[nH]c2ccccc12)N1CCS(=O)(=O)CC1)N1CCOCC1. The number of carbonyl (C=O) groups is 1. The third kappa shape index (κ3) is 4.02. The first-order valence-electron chi connectivity index (χ1n) is 9.39. The predicted octanol–water partition coefficient (Wildman–Crippen LogP) is 0.668. The van der Waals surface area contributed by atoms with Gasteiger partial charge in [0.2, 0.25) is 5.91 Å². The molecular formula is C19H25N3O4S. The van der Waals surface area contributed by atoms with Crippen molar-refractivity contribution < 1.29 is 17.9 Å². The zero-order valence-corrected chi connectivity index (χ0v) is 16.1. The molecule has 2 saturated heterocycles. The fourth-order valence-corrected chi connectivity index (χ4v) is 5.14. The van der Waals surface area contributed by atoms with Gasteiger partial charge in [0.15, 0.2) is 9.84 Å². The molecule has 1 amide bonds. The molecule has 1 unspecified atom stereocenters. The van der Waals surface area contributed by atoms with E-state index < -0.39 is 9.84 Å². The minimum atomic E-state index is -2.99. The van der Waals surface area contributed by atoms with Crippen molar-refractivity contribution in [2.45, 2.75) is 12.5 Å². The Morgan fingerprint density at radius 3 is 2.56 bits per heavy atom. The molecule has 0 radical (unpaired) electrons. The molecule has 8 heteroatoms. The molecule has 3 heterocycles. The van der Waals surface area contributed by atoms with Crippen LogP contribution in [0.5, 0.6) is 0 Å². The molecule has 1 atom stereocenters. The van der Waals surface area contributed by atoms with Gasteiger partial charge in [0, 0.05) is 43.3 Å². The number of fused-ring (bicyclic) bond motifs is 1. The Bertz CT molecular complexity index is 904. The molecule has 2 aliphatic heterocycles. The average molecular weight is 391 g/mol. The third-order valence-electron chi connectivity index (χ3n) is 5.52. The topological polar surface area (TPSA) is 82.7 Å². The van der Waals surface area contributed by atoms with Gasteiger partial charge in [-0.2, -0.15) is 0 Å². The second kappa shape index (κ2) is 7.61. The van der Waals surface area contributed by atoms with Gasteiger partial charge in [0.05, 0.1) is 30.8 Å². The number of carbonyl (C=O) groups excluding carboxylic acids is 1. The van der Waals surface area contributed by atoms with Crippen molar-refractivity contribution >= 4 is 26.6 Å². The normalized spacial score (nSPS) is 22.0. The molecule has 2 aromatic rings. The molecule has 2 fully saturated rings. The van der Waals surface area contributed by atoms with Crippen LogP contribution in [0, 0.1) is 0 Å². The van der Waals surface area contributed by atoms with E-state index in [-0.39, 0.29) is 23.5 Å². The van der Waals surface area contributed by atoms with E-state index in [0.717, 1.165) is 16.5 Å². The summed E-state index contributed by atoms with van der Waals surface area (Å²) in [6.45, 7) is 3.11. The number of morpholine rings is 1. The third-order valence-corrected chi connectivity index (χ3v) is 7.12. The molecule has 146 valence electrons. The Morgan fingerprint density at radius 2 is 1.81 bits per heavy atom. The Kier molecular flexibility index (Phi) is 5.21. The Labute approximate surface area is 159 Å². The van der Waals surface area contributed by atoms with Gasteiger partial charge in [0.25, 0.3) is 0 Å². The zero-order valence-electron chi connectivity index (χ0n) is 15.3. The average Bonchev–Trinajstić information content (AvgIpc) is 3.10. The number of para-hydroxylation sites is 1. The molecule has 1 aromatic heterocycles. The van der Waals surface area contributed by atoms with E-state index in [9.17, 15) is 13.2 Å². The first-order valence-corrected chi connectivity index (χ1v) is 11.2. The lowest BCUT2D eigenvalue weighted by Gasteiger charge is -2.37. The Hall–Kier alpha value is -1.90. The number of aromatic nitrogens is 1. The van der Waals surface area contributed by atoms with Crippen molar-refractivity contribution in [1.82, 2.24) is 14.8 Å². The van der Waals surface area contributed by atoms with Gasteiger partial charge >= 0.3 is 0 Å². The number of amides is 1. The van der Waals surface area contributed by atoms with E-state index in [0.29, 0.717) is 45.8 Å². The summed E-state index contributed by atoms with van der Waals surface area (Å²) in [5.41, 5.74) is 2.14. The van der Waals surface area contributed by atoms with Crippen LogP contribution in [0.4, 0.5) is 0 Å². The van der Waals surface area contributed by atoms with Crippen LogP contribution < -0.4 is 0 Å². The number of benzene rings is 1. The van der Waals surface area contributed by atoms with Crippen LogP contribution in [-0.2, 0) is 25.8 Å². The molecule has 0 bridgehead atoms. The van der Waals surface area contributed by atoms with Crippen LogP contribution in [0.3, 0.4) is 0 Å². The lowest BCUT2D eigenvalue weighted by atomic mass is 10.0. The lowest BCUT2D eigenvalue weighted by molar-refractivity contribution is -0.141. The number of nitrogens with zero attached hydrogens (tertiary/aromatic N) is 2.